The molecule has 2 aromatic rings. The number of aromatic nitrogens is 2. The molecule has 0 bridgehead atoms. The maximum atomic E-state index is 13.0. The van der Waals surface area contributed by atoms with Gasteiger partial charge in [0.2, 0.25) is 0 Å². The molecule has 0 unspecified atom stereocenters. The predicted molar refractivity (Wildman–Crippen MR) is 67.8 cm³/mol. The molecule has 0 radical (unpaired) electrons. The molecule has 0 N–H and O–H groups in total. The predicted octanol–water partition coefficient (Wildman–Crippen LogP) is 4.83. The summed E-state index contributed by atoms with van der Waals surface area (Å²) < 4.78 is 52.2. The largest absolute Gasteiger partial charge is 0.417 e. The molecule has 1 heterocycles. The van der Waals surface area contributed by atoms with E-state index in [2.05, 4.69) is 41.8 Å². The Morgan fingerprint density at radius 2 is 1.53 bits per heavy atom. The lowest BCUT2D eigenvalue weighted by molar-refractivity contribution is -0.137. The zero-order valence-corrected chi connectivity index (χ0v) is 12.1. The van der Waals surface area contributed by atoms with Gasteiger partial charge in [0.15, 0.2) is 5.82 Å². The number of hydrogen-bond acceptors (Lipinski definition) is 2. The standard InChI is InChI=1S/C11H4Br2F4N2/c12-8-4-9(13)19-10(18-8)6-2-1-5(14)3-7(6)11(15,16)17/h1-4H. The molecule has 0 amide bonds. The van der Waals surface area contributed by atoms with Crippen LogP contribution >= 0.6 is 31.9 Å². The van der Waals surface area contributed by atoms with Crippen LogP contribution in [0.2, 0.25) is 0 Å². The minimum atomic E-state index is -4.68. The smallest absolute Gasteiger partial charge is 0.221 e. The molecule has 0 spiro atoms. The first kappa shape index (κ1) is 14.4. The van der Waals surface area contributed by atoms with Crippen LogP contribution in [0.15, 0.2) is 33.5 Å². The lowest BCUT2D eigenvalue weighted by Gasteiger charge is -2.12. The van der Waals surface area contributed by atoms with Gasteiger partial charge in [-0.25, -0.2) is 14.4 Å². The van der Waals surface area contributed by atoms with Gasteiger partial charge in [-0.3, -0.25) is 0 Å². The summed E-state index contributed by atoms with van der Waals surface area (Å²) in [6, 6.07) is 3.85. The minimum Gasteiger partial charge on any atom is -0.221 e. The van der Waals surface area contributed by atoms with Gasteiger partial charge in [0.05, 0.1) is 5.56 Å². The molecule has 0 saturated carbocycles. The maximum absolute atomic E-state index is 13.0. The van der Waals surface area contributed by atoms with E-state index in [9.17, 15) is 17.6 Å². The van der Waals surface area contributed by atoms with Gasteiger partial charge in [0, 0.05) is 11.6 Å². The molecule has 8 heteroatoms. The van der Waals surface area contributed by atoms with Gasteiger partial charge < -0.3 is 0 Å². The van der Waals surface area contributed by atoms with Gasteiger partial charge in [-0.2, -0.15) is 13.2 Å². The van der Waals surface area contributed by atoms with Crippen molar-refractivity contribution in [2.75, 3.05) is 0 Å². The van der Waals surface area contributed by atoms with Crippen molar-refractivity contribution in [1.29, 1.82) is 0 Å². The van der Waals surface area contributed by atoms with E-state index in [1.807, 2.05) is 0 Å². The minimum absolute atomic E-state index is 0.145. The maximum Gasteiger partial charge on any atom is 0.417 e. The van der Waals surface area contributed by atoms with Gasteiger partial charge in [-0.05, 0) is 50.1 Å². The molecule has 0 saturated heterocycles. The third kappa shape index (κ3) is 3.30. The van der Waals surface area contributed by atoms with E-state index in [0.717, 1.165) is 12.1 Å². The number of nitrogens with zero attached hydrogens (tertiary/aromatic N) is 2. The summed E-state index contributed by atoms with van der Waals surface area (Å²) in [5.41, 5.74) is -1.40. The summed E-state index contributed by atoms with van der Waals surface area (Å²) in [5.74, 6) is -1.11. The van der Waals surface area contributed by atoms with Crippen LogP contribution in [0.1, 0.15) is 5.56 Å². The molecule has 0 aliphatic heterocycles. The van der Waals surface area contributed by atoms with Gasteiger partial charge in [0.1, 0.15) is 15.0 Å². The van der Waals surface area contributed by atoms with Gasteiger partial charge in [0.25, 0.3) is 0 Å². The zero-order chi connectivity index (χ0) is 14.2. The summed E-state index contributed by atoms with van der Waals surface area (Å²) in [7, 11) is 0. The average Bonchev–Trinajstić information content (AvgIpc) is 2.26. The Labute approximate surface area is 122 Å². The highest BCUT2D eigenvalue weighted by atomic mass is 79.9. The number of rotatable bonds is 1. The first-order chi connectivity index (χ1) is 8.77. The highest BCUT2D eigenvalue weighted by Gasteiger charge is 2.35. The molecule has 2 rings (SSSR count). The average molecular weight is 400 g/mol. The van der Waals surface area contributed by atoms with Crippen molar-refractivity contribution in [3.05, 3.63) is 44.9 Å². The van der Waals surface area contributed by atoms with Crippen LogP contribution in [0.3, 0.4) is 0 Å². The lowest BCUT2D eigenvalue weighted by atomic mass is 10.1. The second kappa shape index (κ2) is 5.16. The molecule has 0 fully saturated rings. The second-order valence-corrected chi connectivity index (χ2v) is 5.15. The summed E-state index contributed by atoms with van der Waals surface area (Å²) in [6.07, 6.45) is -4.68. The molecule has 100 valence electrons. The summed E-state index contributed by atoms with van der Waals surface area (Å²) >= 11 is 6.13. The highest BCUT2D eigenvalue weighted by Crippen LogP contribution is 2.36. The second-order valence-electron chi connectivity index (χ2n) is 3.52. The van der Waals surface area contributed by atoms with Crippen LogP contribution in [0.4, 0.5) is 17.6 Å². The Kier molecular flexibility index (Phi) is 3.91. The highest BCUT2D eigenvalue weighted by molar-refractivity contribution is 9.11. The summed E-state index contributed by atoms with van der Waals surface area (Å²) in [5, 5.41) is 0. The van der Waals surface area contributed by atoms with E-state index in [-0.39, 0.29) is 11.4 Å². The Bertz CT molecular complexity index is 608. The van der Waals surface area contributed by atoms with Crippen LogP contribution in [0, 0.1) is 5.82 Å². The fourth-order valence-corrected chi connectivity index (χ4v) is 2.53. The van der Waals surface area contributed by atoms with E-state index in [0.29, 0.717) is 15.3 Å². The number of benzene rings is 1. The molecular formula is C11H4Br2F4N2. The number of alkyl halides is 3. The molecule has 1 aromatic carbocycles. The van der Waals surface area contributed by atoms with Crippen molar-refractivity contribution in [2.45, 2.75) is 6.18 Å². The molecule has 0 aliphatic carbocycles. The van der Waals surface area contributed by atoms with Crippen molar-refractivity contribution in [3.63, 3.8) is 0 Å². The van der Waals surface area contributed by atoms with E-state index in [1.54, 1.807) is 0 Å². The molecule has 2 nitrogen and oxygen atoms in total. The summed E-state index contributed by atoms with van der Waals surface area (Å²) in [6.45, 7) is 0. The van der Waals surface area contributed by atoms with Crippen LogP contribution in [-0.4, -0.2) is 9.97 Å². The van der Waals surface area contributed by atoms with Crippen LogP contribution in [-0.2, 0) is 6.18 Å². The molecule has 0 atom stereocenters. The normalized spacial score (nSPS) is 11.7. The summed E-state index contributed by atoms with van der Waals surface area (Å²) in [4.78, 5) is 7.72. The van der Waals surface area contributed by atoms with Crippen molar-refractivity contribution >= 4 is 31.9 Å². The topological polar surface area (TPSA) is 25.8 Å². The molecule has 19 heavy (non-hydrogen) atoms. The third-order valence-electron chi connectivity index (χ3n) is 2.19. The number of hydrogen-bond donors (Lipinski definition) is 0. The fourth-order valence-electron chi connectivity index (χ4n) is 1.46. The van der Waals surface area contributed by atoms with Gasteiger partial charge >= 0.3 is 6.18 Å². The first-order valence-corrected chi connectivity index (χ1v) is 6.43. The first-order valence-electron chi connectivity index (χ1n) is 4.84. The molecule has 0 aliphatic rings. The third-order valence-corrected chi connectivity index (χ3v) is 3.00. The molecular weight excluding hydrogens is 396 g/mol. The van der Waals surface area contributed by atoms with Crippen LogP contribution in [0.25, 0.3) is 11.4 Å². The van der Waals surface area contributed by atoms with E-state index in [1.165, 1.54) is 6.07 Å². The molecule has 1 aromatic heterocycles. The Morgan fingerprint density at radius 3 is 2.05 bits per heavy atom. The van der Waals surface area contributed by atoms with Crippen LogP contribution < -0.4 is 0 Å². The number of halogens is 6. The van der Waals surface area contributed by atoms with Crippen molar-refractivity contribution in [3.8, 4) is 11.4 Å². The fraction of sp³-hybridized carbons (Fsp3) is 0.0909. The Balaban J connectivity index is 2.68. The van der Waals surface area contributed by atoms with E-state index < -0.39 is 17.6 Å². The van der Waals surface area contributed by atoms with Crippen molar-refractivity contribution in [2.24, 2.45) is 0 Å². The Morgan fingerprint density at radius 1 is 0.947 bits per heavy atom. The van der Waals surface area contributed by atoms with Crippen molar-refractivity contribution < 1.29 is 17.6 Å². The van der Waals surface area contributed by atoms with E-state index >= 15 is 0 Å². The Hall–Kier alpha value is -1.02. The van der Waals surface area contributed by atoms with Gasteiger partial charge in [-0.15, -0.1) is 0 Å². The van der Waals surface area contributed by atoms with Crippen molar-refractivity contribution in [1.82, 2.24) is 9.97 Å². The van der Waals surface area contributed by atoms with Gasteiger partial charge in [-0.1, -0.05) is 0 Å². The zero-order valence-electron chi connectivity index (χ0n) is 8.97. The monoisotopic (exact) mass is 398 g/mol. The quantitative estimate of drug-likeness (QED) is 0.507. The van der Waals surface area contributed by atoms with Crippen LogP contribution in [0.5, 0.6) is 0 Å². The SMILES string of the molecule is Fc1ccc(-c2nc(Br)cc(Br)n2)c(C(F)(F)F)c1. The van der Waals surface area contributed by atoms with E-state index in [4.69, 9.17) is 0 Å². The lowest BCUT2D eigenvalue weighted by Crippen LogP contribution is -2.09.